The Labute approximate surface area is 70.1 Å². The summed E-state index contributed by atoms with van der Waals surface area (Å²) in [4.78, 5) is 7.07. The Bertz CT molecular complexity index is 392. The molecule has 62 valence electrons. The molecule has 1 atom stereocenters. The molecule has 2 aromatic rings. The van der Waals surface area contributed by atoms with Crippen molar-refractivity contribution < 1.29 is 5.11 Å². The average molecular weight is 162 g/mol. The summed E-state index contributed by atoms with van der Waals surface area (Å²) in [5.41, 5.74) is 1.92. The second-order valence-corrected chi connectivity index (χ2v) is 2.84. The summed E-state index contributed by atoms with van der Waals surface area (Å²) in [6.45, 7) is 1.75. The van der Waals surface area contributed by atoms with Crippen LogP contribution in [0.4, 0.5) is 0 Å². The molecule has 2 rings (SSSR count). The normalized spacial score (nSPS) is 13.5. The van der Waals surface area contributed by atoms with Crippen molar-refractivity contribution in [1.82, 2.24) is 9.97 Å². The van der Waals surface area contributed by atoms with Crippen molar-refractivity contribution in [3.63, 3.8) is 0 Å². The number of H-pyrrole nitrogens is 1. The van der Waals surface area contributed by atoms with Gasteiger partial charge in [0.25, 0.3) is 0 Å². The zero-order valence-corrected chi connectivity index (χ0v) is 6.78. The van der Waals surface area contributed by atoms with E-state index in [1.54, 1.807) is 19.3 Å². The predicted octanol–water partition coefficient (Wildman–Crippen LogP) is 1.62. The van der Waals surface area contributed by atoms with Crippen molar-refractivity contribution >= 4 is 10.9 Å². The van der Waals surface area contributed by atoms with Crippen LogP contribution in [0.3, 0.4) is 0 Å². The number of aromatic nitrogens is 2. The van der Waals surface area contributed by atoms with Crippen LogP contribution in [-0.4, -0.2) is 15.1 Å². The quantitative estimate of drug-likeness (QED) is 0.669. The van der Waals surface area contributed by atoms with Crippen LogP contribution in [-0.2, 0) is 0 Å². The zero-order valence-electron chi connectivity index (χ0n) is 6.78. The highest BCUT2D eigenvalue weighted by Crippen LogP contribution is 2.22. The van der Waals surface area contributed by atoms with Gasteiger partial charge in [0.1, 0.15) is 0 Å². The third kappa shape index (κ3) is 0.987. The Hall–Kier alpha value is -1.35. The van der Waals surface area contributed by atoms with Crippen molar-refractivity contribution in [3.8, 4) is 0 Å². The Kier molecular flexibility index (Phi) is 1.59. The van der Waals surface area contributed by atoms with Crippen LogP contribution in [0.5, 0.6) is 0 Å². The molecule has 0 fully saturated rings. The van der Waals surface area contributed by atoms with Crippen LogP contribution < -0.4 is 0 Å². The van der Waals surface area contributed by atoms with Crippen LogP contribution >= 0.6 is 0 Å². The summed E-state index contributed by atoms with van der Waals surface area (Å²) in [5, 5.41) is 10.4. The van der Waals surface area contributed by atoms with Gasteiger partial charge in [0.05, 0.1) is 6.10 Å². The molecule has 0 saturated heterocycles. The first-order valence-corrected chi connectivity index (χ1v) is 3.88. The van der Waals surface area contributed by atoms with E-state index in [4.69, 9.17) is 0 Å². The van der Waals surface area contributed by atoms with Crippen LogP contribution in [0.2, 0.25) is 0 Å². The maximum Gasteiger partial charge on any atom is 0.0783 e. The molecule has 0 amide bonds. The van der Waals surface area contributed by atoms with Gasteiger partial charge in [0, 0.05) is 35.1 Å². The number of pyridine rings is 1. The molecule has 3 heteroatoms. The lowest BCUT2D eigenvalue weighted by Gasteiger charge is -1.99. The number of hydrogen-bond donors (Lipinski definition) is 2. The van der Waals surface area contributed by atoms with Gasteiger partial charge in [-0.1, -0.05) is 0 Å². The topological polar surface area (TPSA) is 48.9 Å². The molecule has 0 aliphatic carbocycles. The third-order valence-corrected chi connectivity index (χ3v) is 1.97. The molecule has 0 unspecified atom stereocenters. The van der Waals surface area contributed by atoms with Gasteiger partial charge in [-0.25, -0.2) is 0 Å². The molecule has 0 aliphatic heterocycles. The molecule has 0 saturated carbocycles. The Morgan fingerprint density at radius 3 is 3.17 bits per heavy atom. The summed E-state index contributed by atoms with van der Waals surface area (Å²) in [7, 11) is 0. The summed E-state index contributed by atoms with van der Waals surface area (Å²) in [6.07, 6.45) is 4.86. The van der Waals surface area contributed by atoms with Gasteiger partial charge in [-0.2, -0.15) is 0 Å². The summed E-state index contributed by atoms with van der Waals surface area (Å²) >= 11 is 0. The Morgan fingerprint density at radius 2 is 2.42 bits per heavy atom. The SMILES string of the molecule is C[C@H](O)c1c[nH]c2ccncc12. The second kappa shape index (κ2) is 2.60. The Balaban J connectivity index is 2.70. The van der Waals surface area contributed by atoms with E-state index in [1.165, 1.54) is 0 Å². The van der Waals surface area contributed by atoms with Gasteiger partial charge in [-0.3, -0.25) is 4.98 Å². The molecule has 0 radical (unpaired) electrons. The fourth-order valence-electron chi connectivity index (χ4n) is 1.33. The summed E-state index contributed by atoms with van der Waals surface area (Å²) in [6, 6.07) is 1.89. The first-order chi connectivity index (χ1) is 5.79. The molecule has 0 aromatic carbocycles. The number of aliphatic hydroxyl groups excluding tert-OH is 1. The largest absolute Gasteiger partial charge is 0.389 e. The highest BCUT2D eigenvalue weighted by molar-refractivity contribution is 5.82. The average Bonchev–Trinajstić information content (AvgIpc) is 2.47. The minimum Gasteiger partial charge on any atom is -0.389 e. The highest BCUT2D eigenvalue weighted by atomic mass is 16.3. The van der Waals surface area contributed by atoms with E-state index < -0.39 is 6.10 Å². The smallest absolute Gasteiger partial charge is 0.0783 e. The molecule has 2 N–H and O–H groups in total. The van der Waals surface area contributed by atoms with Crippen molar-refractivity contribution in [1.29, 1.82) is 0 Å². The van der Waals surface area contributed by atoms with Crippen LogP contribution in [0.15, 0.2) is 24.7 Å². The first-order valence-electron chi connectivity index (χ1n) is 3.88. The Morgan fingerprint density at radius 1 is 1.58 bits per heavy atom. The molecule has 0 bridgehead atoms. The van der Waals surface area contributed by atoms with Crippen molar-refractivity contribution in [3.05, 3.63) is 30.2 Å². The third-order valence-electron chi connectivity index (χ3n) is 1.97. The predicted molar refractivity (Wildman–Crippen MR) is 46.7 cm³/mol. The number of aliphatic hydroxyl groups is 1. The number of aromatic amines is 1. The maximum absolute atomic E-state index is 9.36. The molecule has 12 heavy (non-hydrogen) atoms. The highest BCUT2D eigenvalue weighted by Gasteiger charge is 2.06. The fourth-order valence-corrected chi connectivity index (χ4v) is 1.33. The zero-order chi connectivity index (χ0) is 8.55. The fraction of sp³-hybridized carbons (Fsp3) is 0.222. The molecule has 2 aromatic heterocycles. The van der Waals surface area contributed by atoms with E-state index in [-0.39, 0.29) is 0 Å². The molecular weight excluding hydrogens is 152 g/mol. The first kappa shape index (κ1) is 7.31. The van der Waals surface area contributed by atoms with Gasteiger partial charge >= 0.3 is 0 Å². The van der Waals surface area contributed by atoms with E-state index in [0.717, 1.165) is 16.5 Å². The number of fused-ring (bicyclic) bond motifs is 1. The minimum atomic E-state index is -0.442. The molecule has 0 spiro atoms. The summed E-state index contributed by atoms with van der Waals surface area (Å²) < 4.78 is 0. The number of nitrogens with zero attached hydrogens (tertiary/aromatic N) is 1. The standard InChI is InChI=1S/C9H10N2O/c1-6(12)7-5-11-9-2-3-10-4-8(7)9/h2-6,11-12H,1H3/t6-/m0/s1. The summed E-state index contributed by atoms with van der Waals surface area (Å²) in [5.74, 6) is 0. The van der Waals surface area contributed by atoms with Crippen molar-refractivity contribution in [2.24, 2.45) is 0 Å². The van der Waals surface area contributed by atoms with Crippen LogP contribution in [0.1, 0.15) is 18.6 Å². The monoisotopic (exact) mass is 162 g/mol. The number of hydrogen-bond acceptors (Lipinski definition) is 2. The van der Waals surface area contributed by atoms with Crippen LogP contribution in [0, 0.1) is 0 Å². The van der Waals surface area contributed by atoms with E-state index in [1.807, 2.05) is 12.3 Å². The van der Waals surface area contributed by atoms with E-state index in [0.29, 0.717) is 0 Å². The van der Waals surface area contributed by atoms with Gasteiger partial charge in [-0.15, -0.1) is 0 Å². The van der Waals surface area contributed by atoms with Gasteiger partial charge in [0.15, 0.2) is 0 Å². The number of rotatable bonds is 1. The number of nitrogens with one attached hydrogen (secondary N) is 1. The van der Waals surface area contributed by atoms with E-state index in [9.17, 15) is 5.11 Å². The maximum atomic E-state index is 9.36. The molecule has 3 nitrogen and oxygen atoms in total. The minimum absolute atomic E-state index is 0.442. The molecular formula is C9H10N2O. The van der Waals surface area contributed by atoms with Gasteiger partial charge in [0.2, 0.25) is 0 Å². The van der Waals surface area contributed by atoms with Crippen molar-refractivity contribution in [2.75, 3.05) is 0 Å². The molecule has 2 heterocycles. The lowest BCUT2D eigenvalue weighted by Crippen LogP contribution is -1.87. The second-order valence-electron chi connectivity index (χ2n) is 2.84. The van der Waals surface area contributed by atoms with Crippen LogP contribution in [0.25, 0.3) is 10.9 Å². The molecule has 0 aliphatic rings. The lowest BCUT2D eigenvalue weighted by molar-refractivity contribution is 0.201. The van der Waals surface area contributed by atoms with E-state index in [2.05, 4.69) is 9.97 Å². The lowest BCUT2D eigenvalue weighted by atomic mass is 10.1. The van der Waals surface area contributed by atoms with E-state index >= 15 is 0 Å². The van der Waals surface area contributed by atoms with Crippen molar-refractivity contribution in [2.45, 2.75) is 13.0 Å². The van der Waals surface area contributed by atoms with Gasteiger partial charge < -0.3 is 10.1 Å². The van der Waals surface area contributed by atoms with Gasteiger partial charge in [-0.05, 0) is 13.0 Å².